The number of allylic oxidation sites excluding steroid dienone is 8. The van der Waals surface area contributed by atoms with Crippen LogP contribution in [0.3, 0.4) is 0 Å². The van der Waals surface area contributed by atoms with Crippen molar-refractivity contribution in [1.82, 2.24) is 0 Å². The van der Waals surface area contributed by atoms with Gasteiger partial charge in [-0.1, -0.05) is 281 Å². The SMILES string of the molecule is CCCCCCC/C=C\C/C=C\CCCCCCCCCCCCCC(=O)OCC(COC(=O)CCCCCCCCCC)OC(=O)CCCCCCCCCCCCC/C=C\C/C=C\CCCCCCC. The minimum Gasteiger partial charge on any atom is -0.462 e. The van der Waals surface area contributed by atoms with E-state index < -0.39 is 6.10 Å². The third kappa shape index (κ3) is 58.3. The number of unbranched alkanes of at least 4 members (excludes halogenated alkanes) is 39. The Labute approximate surface area is 448 Å². The highest BCUT2D eigenvalue weighted by atomic mass is 16.6. The quantitative estimate of drug-likeness (QED) is 0.0261. The zero-order valence-electron chi connectivity index (χ0n) is 48.2. The van der Waals surface area contributed by atoms with Crippen LogP contribution in [0.4, 0.5) is 0 Å². The molecule has 6 heteroatoms. The summed E-state index contributed by atoms with van der Waals surface area (Å²) >= 11 is 0. The van der Waals surface area contributed by atoms with Gasteiger partial charge in [-0.2, -0.15) is 0 Å². The Morgan fingerprint density at radius 2 is 0.500 bits per heavy atom. The summed E-state index contributed by atoms with van der Waals surface area (Å²) in [7, 11) is 0. The Kier molecular flexibility index (Phi) is 58.7. The molecule has 0 saturated carbocycles. The summed E-state index contributed by atoms with van der Waals surface area (Å²) < 4.78 is 16.9. The first-order valence-corrected chi connectivity index (χ1v) is 31.6. The molecule has 0 bridgehead atoms. The second kappa shape index (κ2) is 60.9. The highest BCUT2D eigenvalue weighted by molar-refractivity contribution is 5.71. The van der Waals surface area contributed by atoms with Crippen LogP contribution in [0.15, 0.2) is 48.6 Å². The van der Waals surface area contributed by atoms with Gasteiger partial charge in [-0.25, -0.2) is 0 Å². The van der Waals surface area contributed by atoms with E-state index in [9.17, 15) is 14.4 Å². The molecule has 0 aliphatic heterocycles. The van der Waals surface area contributed by atoms with Gasteiger partial charge < -0.3 is 14.2 Å². The molecule has 0 aromatic heterocycles. The summed E-state index contributed by atoms with van der Waals surface area (Å²) in [5.74, 6) is -0.863. The largest absolute Gasteiger partial charge is 0.462 e. The molecule has 6 nitrogen and oxygen atoms in total. The van der Waals surface area contributed by atoms with Gasteiger partial charge in [-0.15, -0.1) is 0 Å². The molecule has 0 rings (SSSR count). The van der Waals surface area contributed by atoms with Gasteiger partial charge in [0.2, 0.25) is 0 Å². The van der Waals surface area contributed by atoms with Crippen LogP contribution in [0.5, 0.6) is 0 Å². The fourth-order valence-electron chi connectivity index (χ4n) is 9.27. The van der Waals surface area contributed by atoms with Gasteiger partial charge in [0, 0.05) is 19.3 Å². The molecule has 0 spiro atoms. The molecule has 0 aromatic carbocycles. The Morgan fingerprint density at radius 1 is 0.278 bits per heavy atom. The van der Waals surface area contributed by atoms with Gasteiger partial charge in [0.1, 0.15) is 13.2 Å². The van der Waals surface area contributed by atoms with Crippen molar-refractivity contribution in [3.8, 4) is 0 Å². The molecule has 0 aromatic rings. The molecule has 1 atom stereocenters. The van der Waals surface area contributed by atoms with Gasteiger partial charge in [-0.05, 0) is 83.5 Å². The Morgan fingerprint density at radius 3 is 0.764 bits per heavy atom. The lowest BCUT2D eigenvalue weighted by atomic mass is 10.0. The maximum Gasteiger partial charge on any atom is 0.306 e. The predicted molar refractivity (Wildman–Crippen MR) is 312 cm³/mol. The van der Waals surface area contributed by atoms with Crippen LogP contribution >= 0.6 is 0 Å². The van der Waals surface area contributed by atoms with Crippen molar-refractivity contribution in [2.75, 3.05) is 13.2 Å². The minimum atomic E-state index is -0.772. The van der Waals surface area contributed by atoms with E-state index in [2.05, 4.69) is 69.4 Å². The van der Waals surface area contributed by atoms with Crippen LogP contribution in [0.25, 0.3) is 0 Å². The molecule has 0 fully saturated rings. The number of carbonyl (C=O) groups excluding carboxylic acids is 3. The van der Waals surface area contributed by atoms with Crippen LogP contribution < -0.4 is 0 Å². The first-order valence-electron chi connectivity index (χ1n) is 31.6. The van der Waals surface area contributed by atoms with Crippen molar-refractivity contribution in [3.63, 3.8) is 0 Å². The Bertz CT molecular complexity index is 1250. The fraction of sp³-hybridized carbons (Fsp3) is 0.833. The maximum absolute atomic E-state index is 12.9. The molecule has 0 radical (unpaired) electrons. The van der Waals surface area contributed by atoms with Crippen molar-refractivity contribution in [3.05, 3.63) is 48.6 Å². The monoisotopic (exact) mass is 1010 g/mol. The first kappa shape index (κ1) is 69.4. The molecule has 0 amide bonds. The van der Waals surface area contributed by atoms with Crippen molar-refractivity contribution in [1.29, 1.82) is 0 Å². The minimum absolute atomic E-state index is 0.0715. The number of ether oxygens (including phenoxy) is 3. The predicted octanol–water partition coefficient (Wildman–Crippen LogP) is 21.4. The van der Waals surface area contributed by atoms with E-state index in [0.717, 1.165) is 70.6 Å². The normalized spacial score (nSPS) is 12.3. The Balaban J connectivity index is 4.17. The van der Waals surface area contributed by atoms with E-state index in [0.29, 0.717) is 19.3 Å². The number of hydrogen-bond donors (Lipinski definition) is 0. The van der Waals surface area contributed by atoms with Crippen LogP contribution in [0.1, 0.15) is 335 Å². The smallest absolute Gasteiger partial charge is 0.306 e. The third-order valence-corrected chi connectivity index (χ3v) is 14.1. The summed E-state index contributed by atoms with van der Waals surface area (Å²) in [6.45, 7) is 6.63. The molecule has 1 unspecified atom stereocenters. The standard InChI is InChI=1S/C66H120O6/c1-4-7-10-13-16-19-21-23-25-27-29-31-33-35-37-39-41-43-45-47-50-53-56-59-65(68)71-62-63(61-70-64(67)58-55-52-49-18-15-12-9-6-3)72-66(69)60-57-54-51-48-46-44-42-40-38-36-34-32-30-28-26-24-22-20-17-14-11-8-5-2/h21-24,27-30,63H,4-20,25-26,31-62H2,1-3H3/b23-21-,24-22-,29-27-,30-28-. The van der Waals surface area contributed by atoms with Gasteiger partial charge in [0.05, 0.1) is 0 Å². The highest BCUT2D eigenvalue weighted by Gasteiger charge is 2.19. The molecule has 0 N–H and O–H groups in total. The number of carbonyl (C=O) groups is 3. The van der Waals surface area contributed by atoms with E-state index in [1.165, 1.54) is 225 Å². The molecule has 0 aliphatic rings. The molecule has 0 aliphatic carbocycles. The topological polar surface area (TPSA) is 78.9 Å². The number of esters is 3. The van der Waals surface area contributed by atoms with E-state index in [-0.39, 0.29) is 31.1 Å². The summed E-state index contributed by atoms with van der Waals surface area (Å²) in [6, 6.07) is 0. The second-order valence-electron chi connectivity index (χ2n) is 21.3. The van der Waals surface area contributed by atoms with Gasteiger partial charge >= 0.3 is 17.9 Å². The van der Waals surface area contributed by atoms with Gasteiger partial charge in [-0.3, -0.25) is 14.4 Å². The van der Waals surface area contributed by atoms with Crippen LogP contribution in [0, 0.1) is 0 Å². The third-order valence-electron chi connectivity index (χ3n) is 14.1. The molecular formula is C66H120O6. The van der Waals surface area contributed by atoms with E-state index >= 15 is 0 Å². The van der Waals surface area contributed by atoms with Crippen molar-refractivity contribution in [2.24, 2.45) is 0 Å². The number of hydrogen-bond acceptors (Lipinski definition) is 6. The van der Waals surface area contributed by atoms with Gasteiger partial charge in [0.25, 0.3) is 0 Å². The molecular weight excluding hydrogens is 889 g/mol. The zero-order valence-corrected chi connectivity index (χ0v) is 48.2. The lowest BCUT2D eigenvalue weighted by molar-refractivity contribution is -0.167. The lowest BCUT2D eigenvalue weighted by Crippen LogP contribution is -2.30. The highest BCUT2D eigenvalue weighted by Crippen LogP contribution is 2.17. The average molecular weight is 1010 g/mol. The molecule has 0 saturated heterocycles. The number of rotatable bonds is 58. The summed E-state index contributed by atoms with van der Waals surface area (Å²) in [5, 5.41) is 0. The summed E-state index contributed by atoms with van der Waals surface area (Å²) in [6.07, 6.45) is 75.6. The Hall–Kier alpha value is -2.63. The lowest BCUT2D eigenvalue weighted by Gasteiger charge is -2.18. The van der Waals surface area contributed by atoms with Crippen molar-refractivity contribution in [2.45, 2.75) is 341 Å². The van der Waals surface area contributed by atoms with E-state index in [1.807, 2.05) is 0 Å². The van der Waals surface area contributed by atoms with Crippen LogP contribution in [0.2, 0.25) is 0 Å². The summed E-state index contributed by atoms with van der Waals surface area (Å²) in [4.78, 5) is 38.1. The van der Waals surface area contributed by atoms with Gasteiger partial charge in [0.15, 0.2) is 6.10 Å². The molecule has 420 valence electrons. The second-order valence-corrected chi connectivity index (χ2v) is 21.3. The first-order chi connectivity index (χ1) is 35.5. The van der Waals surface area contributed by atoms with E-state index in [1.54, 1.807) is 0 Å². The van der Waals surface area contributed by atoms with E-state index in [4.69, 9.17) is 14.2 Å². The van der Waals surface area contributed by atoms with Crippen molar-refractivity contribution < 1.29 is 28.6 Å². The zero-order chi connectivity index (χ0) is 52.2. The fourth-order valence-corrected chi connectivity index (χ4v) is 9.27. The van der Waals surface area contributed by atoms with Crippen molar-refractivity contribution >= 4 is 17.9 Å². The van der Waals surface area contributed by atoms with Crippen LogP contribution in [-0.4, -0.2) is 37.2 Å². The molecule has 72 heavy (non-hydrogen) atoms. The maximum atomic E-state index is 12.9. The summed E-state index contributed by atoms with van der Waals surface area (Å²) in [5.41, 5.74) is 0. The molecule has 0 heterocycles. The average Bonchev–Trinajstić information content (AvgIpc) is 3.38. The van der Waals surface area contributed by atoms with Crippen LogP contribution in [-0.2, 0) is 28.6 Å².